The Morgan fingerprint density at radius 1 is 1.15 bits per heavy atom. The van der Waals surface area contributed by atoms with Crippen molar-refractivity contribution in [1.82, 2.24) is 5.32 Å². The van der Waals surface area contributed by atoms with E-state index in [9.17, 15) is 22.4 Å². The minimum absolute atomic E-state index is 0.0403. The Balaban J connectivity index is 1.68. The normalized spacial score (nSPS) is 14.7. The number of anilines is 1. The van der Waals surface area contributed by atoms with Crippen LogP contribution in [-0.4, -0.2) is 31.4 Å². The summed E-state index contributed by atoms with van der Waals surface area (Å²) in [6, 6.07) is 18.7. The van der Waals surface area contributed by atoms with Crippen molar-refractivity contribution in [3.05, 3.63) is 101 Å². The van der Waals surface area contributed by atoms with Gasteiger partial charge in [-0.25, -0.2) is 9.38 Å². The van der Waals surface area contributed by atoms with Crippen molar-refractivity contribution in [1.29, 1.82) is 5.26 Å². The van der Waals surface area contributed by atoms with Gasteiger partial charge in [0.2, 0.25) is 0 Å². The molecule has 41 heavy (non-hydrogen) atoms. The van der Waals surface area contributed by atoms with Gasteiger partial charge in [0, 0.05) is 0 Å². The Labute approximate surface area is 234 Å². The quantitative estimate of drug-likeness (QED) is 0.209. The van der Waals surface area contributed by atoms with Gasteiger partial charge in [0.15, 0.2) is 0 Å². The van der Waals surface area contributed by atoms with Gasteiger partial charge in [0.05, 0.1) is 36.2 Å². The van der Waals surface area contributed by atoms with Crippen LogP contribution in [0.25, 0.3) is 0 Å². The summed E-state index contributed by atoms with van der Waals surface area (Å²) < 4.78 is 59.8. The van der Waals surface area contributed by atoms with Crippen molar-refractivity contribution in [3.63, 3.8) is 0 Å². The molecule has 212 valence electrons. The highest BCUT2D eigenvalue weighted by atomic mass is 19.4. The topological polar surface area (TPSA) is 113 Å². The lowest BCUT2D eigenvalue weighted by molar-refractivity contribution is -0.110. The van der Waals surface area contributed by atoms with Gasteiger partial charge in [-0.1, -0.05) is 24.3 Å². The lowest BCUT2D eigenvalue weighted by Gasteiger charge is -2.21. The summed E-state index contributed by atoms with van der Waals surface area (Å²) in [6.07, 6.45) is -2.34. The van der Waals surface area contributed by atoms with Gasteiger partial charge in [-0.05, 0) is 85.0 Å². The first-order chi connectivity index (χ1) is 19.6. The van der Waals surface area contributed by atoms with Gasteiger partial charge in [-0.3, -0.25) is 4.79 Å². The number of methoxy groups -OCH3 is 1. The minimum atomic E-state index is -4.93. The number of ether oxygens (including phenoxy) is 1. The Morgan fingerprint density at radius 2 is 1.85 bits per heavy atom. The summed E-state index contributed by atoms with van der Waals surface area (Å²) in [4.78, 5) is 17.1. The highest BCUT2D eigenvalue weighted by molar-refractivity contribution is 6.47. The van der Waals surface area contributed by atoms with E-state index in [1.165, 1.54) is 36.4 Å². The van der Waals surface area contributed by atoms with Crippen LogP contribution < -0.4 is 21.1 Å². The number of nitrogens with one attached hydrogen (secondary N) is 2. The zero-order chi connectivity index (χ0) is 29.6. The molecule has 0 saturated heterocycles. The molecule has 3 aromatic carbocycles. The molecule has 3 aromatic rings. The molecule has 4 rings (SSSR count). The summed E-state index contributed by atoms with van der Waals surface area (Å²) >= 11 is 0. The predicted molar refractivity (Wildman–Crippen MR) is 147 cm³/mol. The fraction of sp³-hybridized carbons (Fsp3) is 0.233. The summed E-state index contributed by atoms with van der Waals surface area (Å²) in [5.74, 6) is -0.710. The van der Waals surface area contributed by atoms with Gasteiger partial charge in [-0.2, -0.15) is 18.4 Å². The summed E-state index contributed by atoms with van der Waals surface area (Å²) in [5.41, 5.74) is 4.34. The van der Waals surface area contributed by atoms with Gasteiger partial charge in [-0.15, -0.1) is 0 Å². The monoisotopic (exact) mass is 565 g/mol. The van der Waals surface area contributed by atoms with E-state index in [0.29, 0.717) is 23.3 Å². The van der Waals surface area contributed by atoms with Crippen molar-refractivity contribution in [2.24, 2.45) is 16.6 Å². The van der Waals surface area contributed by atoms with E-state index in [4.69, 9.17) is 15.7 Å². The van der Waals surface area contributed by atoms with Crippen LogP contribution in [0, 0.1) is 23.1 Å². The number of alkyl halides is 3. The number of allylic oxidation sites excluding steroid dienone is 1. The van der Waals surface area contributed by atoms with Crippen LogP contribution in [0.4, 0.5) is 28.9 Å². The number of benzene rings is 3. The molecule has 1 aliphatic rings. The maximum absolute atomic E-state index is 14.9. The highest BCUT2D eigenvalue weighted by Gasteiger charge is 2.32. The Bertz CT molecular complexity index is 1510. The molecule has 11 heteroatoms. The fourth-order valence-corrected chi connectivity index (χ4v) is 4.00. The van der Waals surface area contributed by atoms with Crippen molar-refractivity contribution in [2.45, 2.75) is 25.1 Å². The van der Waals surface area contributed by atoms with Gasteiger partial charge in [0.25, 0.3) is 5.91 Å². The van der Waals surface area contributed by atoms with E-state index in [1.807, 2.05) is 18.2 Å². The van der Waals surface area contributed by atoms with Crippen LogP contribution in [0.1, 0.15) is 35.6 Å². The third-order valence-electron chi connectivity index (χ3n) is 6.41. The number of hydrogen-bond donors (Lipinski definition) is 3. The molecule has 1 saturated carbocycles. The van der Waals surface area contributed by atoms with Crippen molar-refractivity contribution >= 4 is 23.0 Å². The van der Waals surface area contributed by atoms with Gasteiger partial charge >= 0.3 is 6.18 Å². The zero-order valence-electron chi connectivity index (χ0n) is 22.0. The van der Waals surface area contributed by atoms with E-state index in [1.54, 1.807) is 25.3 Å². The number of amides is 1. The molecule has 1 atom stereocenters. The highest BCUT2D eigenvalue weighted by Crippen LogP contribution is 2.32. The number of nitrogens with zero attached hydrogens (tertiary/aromatic N) is 2. The number of halogens is 4. The summed E-state index contributed by atoms with van der Waals surface area (Å²) in [5, 5.41) is 14.9. The van der Waals surface area contributed by atoms with Crippen LogP contribution in [0.3, 0.4) is 0 Å². The van der Waals surface area contributed by atoms with E-state index < -0.39 is 29.3 Å². The number of rotatable bonds is 10. The molecule has 0 aliphatic heterocycles. The molecule has 1 fully saturated rings. The Hall–Kier alpha value is -4.69. The minimum Gasteiger partial charge on any atom is -0.497 e. The number of aliphatic imine (C=N–C) groups is 1. The second-order valence-electron chi connectivity index (χ2n) is 9.51. The first kappa shape index (κ1) is 29.3. The molecule has 4 N–H and O–H groups in total. The number of carbonyl (C=O) groups excluding carboxylic acids is 1. The lowest BCUT2D eigenvalue weighted by atomic mass is 9.97. The predicted octanol–water partition coefficient (Wildman–Crippen LogP) is 5.91. The SMILES string of the molecule is COc1ccc(C(NCC2CC2)c2ccc(F)c(NC(=O)C(C=C(N)C(F)(F)F)=Nc3cccc(C#N)c3)c2)cc1. The summed E-state index contributed by atoms with van der Waals surface area (Å²) in [6.45, 7) is 0.732. The Kier molecular flexibility index (Phi) is 9.04. The second-order valence-corrected chi connectivity index (χ2v) is 9.51. The van der Waals surface area contributed by atoms with E-state index in [0.717, 1.165) is 24.9 Å². The van der Waals surface area contributed by atoms with Crippen molar-refractivity contribution in [3.8, 4) is 11.8 Å². The van der Waals surface area contributed by atoms with Crippen molar-refractivity contribution in [2.75, 3.05) is 19.0 Å². The molecule has 0 heterocycles. The summed E-state index contributed by atoms with van der Waals surface area (Å²) in [7, 11) is 1.56. The fourth-order valence-electron chi connectivity index (χ4n) is 4.00. The molecule has 0 bridgehead atoms. The van der Waals surface area contributed by atoms with E-state index in [-0.39, 0.29) is 23.0 Å². The van der Waals surface area contributed by atoms with Crippen LogP contribution in [-0.2, 0) is 4.79 Å². The largest absolute Gasteiger partial charge is 0.497 e. The first-order valence-corrected chi connectivity index (χ1v) is 12.7. The average Bonchev–Trinajstić information content (AvgIpc) is 3.79. The molecule has 7 nitrogen and oxygen atoms in total. The van der Waals surface area contributed by atoms with E-state index >= 15 is 0 Å². The maximum Gasteiger partial charge on any atom is 0.430 e. The van der Waals surface area contributed by atoms with E-state index in [2.05, 4.69) is 15.6 Å². The first-order valence-electron chi connectivity index (χ1n) is 12.7. The number of hydrogen-bond acceptors (Lipinski definition) is 6. The standard InChI is InChI=1S/C30H27F4N5O2/c1-41-23-10-7-20(8-11-23)28(37-17-18-5-6-18)21-9-12-24(31)25(14-21)39-29(40)26(15-27(36)30(32,33)34)38-22-4-2-3-19(13-22)16-35/h2-4,7-15,18,28,37H,5-6,17,36H2,1H3,(H,39,40). The second kappa shape index (κ2) is 12.7. The molecule has 1 amide bonds. The third-order valence-corrected chi connectivity index (χ3v) is 6.41. The third kappa shape index (κ3) is 7.93. The molecular formula is C30H27F4N5O2. The van der Waals surface area contributed by atoms with Crippen molar-refractivity contribution < 1.29 is 27.1 Å². The molecular weight excluding hydrogens is 538 g/mol. The number of nitriles is 1. The zero-order valence-corrected chi connectivity index (χ0v) is 22.0. The van der Waals surface area contributed by atoms with Crippen LogP contribution in [0.2, 0.25) is 0 Å². The van der Waals surface area contributed by atoms with Gasteiger partial charge < -0.3 is 21.1 Å². The smallest absolute Gasteiger partial charge is 0.430 e. The van der Waals surface area contributed by atoms with Crippen LogP contribution in [0.5, 0.6) is 5.75 Å². The molecule has 1 aliphatic carbocycles. The average molecular weight is 566 g/mol. The van der Waals surface area contributed by atoms with Crippen LogP contribution >= 0.6 is 0 Å². The van der Waals surface area contributed by atoms with Gasteiger partial charge in [0.1, 0.15) is 23.0 Å². The van der Waals surface area contributed by atoms with Crippen LogP contribution in [0.15, 0.2) is 83.5 Å². The number of carbonyl (C=O) groups is 1. The molecule has 0 aromatic heterocycles. The Morgan fingerprint density at radius 3 is 2.49 bits per heavy atom. The molecule has 0 radical (unpaired) electrons. The molecule has 0 spiro atoms. The molecule has 1 unspecified atom stereocenters. The lowest BCUT2D eigenvalue weighted by Crippen LogP contribution is -2.27. The maximum atomic E-state index is 14.9. The number of nitrogens with two attached hydrogens (primary N) is 1.